The molecule has 2 aromatic rings. The van der Waals surface area contributed by atoms with Gasteiger partial charge < -0.3 is 10.5 Å². The third kappa shape index (κ3) is 2.63. The van der Waals surface area contributed by atoms with Crippen molar-refractivity contribution in [3.8, 4) is 11.1 Å². The van der Waals surface area contributed by atoms with Crippen LogP contribution in [0, 0.1) is 0 Å². The minimum absolute atomic E-state index is 0.00770. The number of methoxy groups -OCH3 is 1. The fraction of sp³-hybridized carbons (Fsp3) is 0.400. The van der Waals surface area contributed by atoms with Gasteiger partial charge in [-0.05, 0) is 11.1 Å². The van der Waals surface area contributed by atoms with Crippen molar-refractivity contribution >= 4 is 5.82 Å². The molecule has 19 heavy (non-hydrogen) atoms. The molecule has 0 spiro atoms. The molecule has 2 N–H and O–H groups in total. The molecule has 1 aromatic carbocycles. The third-order valence-corrected chi connectivity index (χ3v) is 3.47. The Hall–Kier alpha value is -1.81. The molecule has 0 fully saturated rings. The number of anilines is 1. The molecule has 1 heterocycles. The Morgan fingerprint density at radius 3 is 2.37 bits per heavy atom. The topological polar surface area (TPSA) is 53.1 Å². The van der Waals surface area contributed by atoms with Gasteiger partial charge in [-0.15, -0.1) is 0 Å². The predicted octanol–water partition coefficient (Wildman–Crippen LogP) is 2.59. The molecule has 0 atom stereocenters. The van der Waals surface area contributed by atoms with Crippen LogP contribution in [0.5, 0.6) is 0 Å². The Kier molecular flexibility index (Phi) is 3.62. The van der Waals surface area contributed by atoms with E-state index in [2.05, 4.69) is 43.2 Å². The van der Waals surface area contributed by atoms with Crippen LogP contribution in [-0.4, -0.2) is 23.5 Å². The molecular weight excluding hydrogens is 238 g/mol. The van der Waals surface area contributed by atoms with Crippen molar-refractivity contribution in [1.29, 1.82) is 0 Å². The number of nitrogens with two attached hydrogens (primary N) is 1. The first-order chi connectivity index (χ1) is 8.95. The zero-order chi connectivity index (χ0) is 14.0. The van der Waals surface area contributed by atoms with E-state index in [4.69, 9.17) is 10.5 Å². The molecule has 2 rings (SSSR count). The van der Waals surface area contributed by atoms with E-state index >= 15 is 0 Å². The Morgan fingerprint density at radius 2 is 1.89 bits per heavy atom. The summed E-state index contributed by atoms with van der Waals surface area (Å²) in [6.07, 6.45) is 1.80. The van der Waals surface area contributed by atoms with Crippen LogP contribution in [0.3, 0.4) is 0 Å². The van der Waals surface area contributed by atoms with Crippen molar-refractivity contribution < 1.29 is 4.74 Å². The summed E-state index contributed by atoms with van der Waals surface area (Å²) in [5.74, 6) is 0.684. The van der Waals surface area contributed by atoms with E-state index in [0.29, 0.717) is 12.4 Å². The maximum atomic E-state index is 5.99. The second-order valence-corrected chi connectivity index (χ2v) is 5.46. The van der Waals surface area contributed by atoms with Crippen LogP contribution in [0.1, 0.15) is 19.4 Å². The van der Waals surface area contributed by atoms with Crippen LogP contribution >= 0.6 is 0 Å². The molecule has 0 saturated carbocycles. The van der Waals surface area contributed by atoms with Crippen LogP contribution in [0.25, 0.3) is 11.1 Å². The average Bonchev–Trinajstić information content (AvgIpc) is 2.70. The summed E-state index contributed by atoms with van der Waals surface area (Å²) in [5, 5.41) is 4.16. The smallest absolute Gasteiger partial charge is 0.129 e. The van der Waals surface area contributed by atoms with Crippen molar-refractivity contribution in [1.82, 2.24) is 9.78 Å². The van der Waals surface area contributed by atoms with Gasteiger partial charge in [-0.3, -0.25) is 4.68 Å². The van der Waals surface area contributed by atoms with E-state index in [1.54, 1.807) is 18.0 Å². The summed E-state index contributed by atoms with van der Waals surface area (Å²) in [4.78, 5) is 0. The maximum absolute atomic E-state index is 5.99. The number of aromatic nitrogens is 2. The van der Waals surface area contributed by atoms with Crippen molar-refractivity contribution in [3.05, 3.63) is 36.0 Å². The van der Waals surface area contributed by atoms with E-state index in [1.807, 2.05) is 7.05 Å². The first-order valence-electron chi connectivity index (χ1n) is 6.33. The number of rotatable bonds is 4. The molecule has 0 unspecified atom stereocenters. The molecule has 4 nitrogen and oxygen atoms in total. The largest absolute Gasteiger partial charge is 0.384 e. The number of ether oxygens (including phenoxy) is 1. The summed E-state index contributed by atoms with van der Waals surface area (Å²) in [5.41, 5.74) is 9.30. The Bertz CT molecular complexity index is 555. The van der Waals surface area contributed by atoms with E-state index in [0.717, 1.165) is 11.1 Å². The average molecular weight is 259 g/mol. The molecule has 4 heteroatoms. The highest BCUT2D eigenvalue weighted by atomic mass is 16.5. The number of hydrogen-bond acceptors (Lipinski definition) is 3. The maximum Gasteiger partial charge on any atom is 0.129 e. The summed E-state index contributed by atoms with van der Waals surface area (Å²) < 4.78 is 6.94. The van der Waals surface area contributed by atoms with Crippen LogP contribution in [0.4, 0.5) is 5.82 Å². The molecule has 0 radical (unpaired) electrons. The molecule has 0 aliphatic heterocycles. The number of benzene rings is 1. The van der Waals surface area contributed by atoms with E-state index < -0.39 is 0 Å². The normalized spacial score (nSPS) is 11.8. The van der Waals surface area contributed by atoms with Gasteiger partial charge in [0, 0.05) is 25.1 Å². The highest BCUT2D eigenvalue weighted by Crippen LogP contribution is 2.29. The van der Waals surface area contributed by atoms with Crippen molar-refractivity contribution in [2.45, 2.75) is 19.3 Å². The molecule has 102 valence electrons. The first-order valence-corrected chi connectivity index (χ1v) is 6.33. The van der Waals surface area contributed by atoms with Crippen molar-refractivity contribution in [2.24, 2.45) is 7.05 Å². The zero-order valence-corrected chi connectivity index (χ0v) is 12.0. The van der Waals surface area contributed by atoms with Crippen molar-refractivity contribution in [2.75, 3.05) is 19.5 Å². The van der Waals surface area contributed by atoms with Gasteiger partial charge in [0.2, 0.25) is 0 Å². The Balaban J connectivity index is 2.31. The van der Waals surface area contributed by atoms with Gasteiger partial charge in [-0.25, -0.2) is 0 Å². The minimum Gasteiger partial charge on any atom is -0.384 e. The summed E-state index contributed by atoms with van der Waals surface area (Å²) in [6.45, 7) is 5.04. The van der Waals surface area contributed by atoms with Gasteiger partial charge >= 0.3 is 0 Å². The summed E-state index contributed by atoms with van der Waals surface area (Å²) >= 11 is 0. The highest BCUT2D eigenvalue weighted by molar-refractivity contribution is 5.73. The summed E-state index contributed by atoms with van der Waals surface area (Å²) in [6, 6.07) is 8.42. The molecule has 0 amide bonds. The van der Waals surface area contributed by atoms with Gasteiger partial charge in [0.25, 0.3) is 0 Å². The van der Waals surface area contributed by atoms with E-state index in [1.165, 1.54) is 5.56 Å². The van der Waals surface area contributed by atoms with Gasteiger partial charge in [-0.2, -0.15) is 5.10 Å². The molecule has 0 aliphatic rings. The lowest BCUT2D eigenvalue weighted by Crippen LogP contribution is -2.23. The van der Waals surface area contributed by atoms with Crippen LogP contribution < -0.4 is 5.73 Å². The first kappa shape index (κ1) is 13.6. The molecule has 1 aromatic heterocycles. The van der Waals surface area contributed by atoms with Gasteiger partial charge in [0.15, 0.2) is 0 Å². The van der Waals surface area contributed by atoms with Crippen LogP contribution in [0.15, 0.2) is 30.5 Å². The van der Waals surface area contributed by atoms with Gasteiger partial charge in [0.1, 0.15) is 5.82 Å². The molecule has 0 saturated heterocycles. The number of nitrogen functional groups attached to an aromatic ring is 1. The summed E-state index contributed by atoms with van der Waals surface area (Å²) in [7, 11) is 3.57. The van der Waals surface area contributed by atoms with Gasteiger partial charge in [-0.1, -0.05) is 38.1 Å². The number of aryl methyl sites for hydroxylation is 1. The van der Waals surface area contributed by atoms with Crippen LogP contribution in [-0.2, 0) is 17.2 Å². The van der Waals surface area contributed by atoms with Gasteiger partial charge in [0.05, 0.1) is 12.8 Å². The lowest BCUT2D eigenvalue weighted by atomic mass is 9.85. The zero-order valence-electron chi connectivity index (χ0n) is 12.0. The van der Waals surface area contributed by atoms with E-state index in [-0.39, 0.29) is 5.41 Å². The van der Waals surface area contributed by atoms with Crippen molar-refractivity contribution in [3.63, 3.8) is 0 Å². The number of nitrogens with zero attached hydrogens (tertiary/aromatic N) is 2. The molecular formula is C15H21N3O. The SMILES string of the molecule is COCC(C)(C)c1ccc(-c2cnn(C)c2N)cc1. The number of hydrogen-bond donors (Lipinski definition) is 1. The molecule has 0 bridgehead atoms. The minimum atomic E-state index is 0.00770. The fourth-order valence-electron chi connectivity index (χ4n) is 2.21. The Morgan fingerprint density at radius 1 is 1.26 bits per heavy atom. The highest BCUT2D eigenvalue weighted by Gasteiger charge is 2.20. The predicted molar refractivity (Wildman–Crippen MR) is 78.0 cm³/mol. The lowest BCUT2D eigenvalue weighted by Gasteiger charge is -2.24. The standard InChI is InChI=1S/C15H21N3O/c1-15(2,10-19-4)12-7-5-11(6-8-12)13-9-17-18(3)14(13)16/h5-9H,10,16H2,1-4H3. The lowest BCUT2D eigenvalue weighted by molar-refractivity contribution is 0.146. The second-order valence-electron chi connectivity index (χ2n) is 5.46. The van der Waals surface area contributed by atoms with Crippen LogP contribution in [0.2, 0.25) is 0 Å². The van der Waals surface area contributed by atoms with E-state index in [9.17, 15) is 0 Å². The monoisotopic (exact) mass is 259 g/mol. The third-order valence-electron chi connectivity index (χ3n) is 3.47. The quantitative estimate of drug-likeness (QED) is 0.918. The Labute approximate surface area is 114 Å². The molecule has 0 aliphatic carbocycles. The second kappa shape index (κ2) is 5.05. The fourth-order valence-corrected chi connectivity index (χ4v) is 2.21.